The Balaban J connectivity index is 0.000000197. The van der Waals surface area contributed by atoms with Gasteiger partial charge in [0, 0.05) is 24.2 Å². The number of esters is 1. The Morgan fingerprint density at radius 3 is 2.54 bits per heavy atom. The predicted octanol–water partition coefficient (Wildman–Crippen LogP) is 1.98. The summed E-state index contributed by atoms with van der Waals surface area (Å²) < 4.78 is 19.8. The number of hydrogen-bond acceptors (Lipinski definition) is 7. The lowest BCUT2D eigenvalue weighted by Crippen LogP contribution is -2.36. The molecule has 0 saturated carbocycles. The molecule has 1 saturated heterocycles. The highest BCUT2D eigenvalue weighted by atomic mass is 16.6. The van der Waals surface area contributed by atoms with Crippen LogP contribution in [0.5, 0.6) is 11.5 Å². The van der Waals surface area contributed by atoms with Crippen LogP contribution in [0.2, 0.25) is 0 Å². The molecule has 2 heterocycles. The predicted molar refractivity (Wildman–Crippen MR) is 94.8 cm³/mol. The number of hydrogen-bond donors (Lipinski definition) is 1. The maximum atomic E-state index is 11.5. The first-order valence-corrected chi connectivity index (χ1v) is 8.39. The summed E-state index contributed by atoms with van der Waals surface area (Å²) in [5.74, 6) is 0.825. The van der Waals surface area contributed by atoms with E-state index in [0.29, 0.717) is 17.1 Å². The van der Waals surface area contributed by atoms with Crippen LogP contribution in [-0.4, -0.2) is 64.5 Å². The SMILES string of the molecule is COC(=O)N[C@H]1CCN(C)C1.COc1cc(OC)c2c(c1)[C@@H](C)OC2=O. The van der Waals surface area contributed by atoms with E-state index in [9.17, 15) is 9.59 Å². The molecule has 26 heavy (non-hydrogen) atoms. The van der Waals surface area contributed by atoms with Crippen LogP contribution in [0.4, 0.5) is 4.79 Å². The Labute approximate surface area is 153 Å². The average molecular weight is 366 g/mol. The van der Waals surface area contributed by atoms with Crippen molar-refractivity contribution < 1.29 is 28.5 Å². The zero-order valence-electron chi connectivity index (χ0n) is 15.8. The molecule has 144 valence electrons. The number of nitrogens with zero attached hydrogens (tertiary/aromatic N) is 1. The van der Waals surface area contributed by atoms with Crippen molar-refractivity contribution in [2.45, 2.75) is 25.5 Å². The van der Waals surface area contributed by atoms with E-state index in [1.165, 1.54) is 14.2 Å². The zero-order valence-corrected chi connectivity index (χ0v) is 15.8. The Kier molecular flexibility index (Phi) is 6.68. The minimum Gasteiger partial charge on any atom is -0.497 e. The first-order valence-electron chi connectivity index (χ1n) is 8.39. The van der Waals surface area contributed by atoms with Crippen molar-refractivity contribution in [2.75, 3.05) is 41.5 Å². The highest BCUT2D eigenvalue weighted by molar-refractivity contribution is 5.97. The Morgan fingerprint density at radius 2 is 2.00 bits per heavy atom. The first kappa shape index (κ1) is 19.8. The second kappa shape index (κ2) is 8.75. The molecular formula is C18H26N2O6. The van der Waals surface area contributed by atoms with Gasteiger partial charge in [-0.2, -0.15) is 0 Å². The van der Waals surface area contributed by atoms with Gasteiger partial charge in [-0.15, -0.1) is 0 Å². The Morgan fingerprint density at radius 1 is 1.27 bits per heavy atom. The van der Waals surface area contributed by atoms with Gasteiger partial charge in [0.25, 0.3) is 0 Å². The molecule has 0 aliphatic carbocycles. The van der Waals surface area contributed by atoms with E-state index in [2.05, 4.69) is 15.0 Å². The number of benzene rings is 1. The van der Waals surface area contributed by atoms with Gasteiger partial charge in [-0.05, 0) is 33.0 Å². The normalized spacial score (nSPS) is 21.2. The molecule has 0 bridgehead atoms. The van der Waals surface area contributed by atoms with E-state index in [-0.39, 0.29) is 24.2 Å². The number of amides is 1. The summed E-state index contributed by atoms with van der Waals surface area (Å²) in [6, 6.07) is 3.75. The van der Waals surface area contributed by atoms with Crippen molar-refractivity contribution in [3.63, 3.8) is 0 Å². The summed E-state index contributed by atoms with van der Waals surface area (Å²) >= 11 is 0. The highest BCUT2D eigenvalue weighted by Gasteiger charge is 2.32. The molecule has 0 radical (unpaired) electrons. The van der Waals surface area contributed by atoms with Crippen LogP contribution in [-0.2, 0) is 9.47 Å². The van der Waals surface area contributed by atoms with Crippen LogP contribution in [0, 0.1) is 0 Å². The number of ether oxygens (including phenoxy) is 4. The van der Waals surface area contributed by atoms with Crippen LogP contribution in [0.15, 0.2) is 12.1 Å². The van der Waals surface area contributed by atoms with Gasteiger partial charge in [-0.25, -0.2) is 9.59 Å². The largest absolute Gasteiger partial charge is 0.497 e. The van der Waals surface area contributed by atoms with Gasteiger partial charge in [0.1, 0.15) is 23.2 Å². The molecule has 1 aromatic carbocycles. The summed E-state index contributed by atoms with van der Waals surface area (Å²) in [5, 5.41) is 2.76. The second-order valence-electron chi connectivity index (χ2n) is 6.23. The van der Waals surface area contributed by atoms with Gasteiger partial charge >= 0.3 is 12.1 Å². The van der Waals surface area contributed by atoms with Crippen LogP contribution < -0.4 is 14.8 Å². The number of alkyl carbamates (subject to hydrolysis) is 1. The van der Waals surface area contributed by atoms with Crippen molar-refractivity contribution in [1.29, 1.82) is 0 Å². The van der Waals surface area contributed by atoms with Crippen molar-refractivity contribution in [2.24, 2.45) is 0 Å². The number of carbonyl (C=O) groups excluding carboxylic acids is 2. The summed E-state index contributed by atoms with van der Waals surface area (Å²) in [7, 11) is 6.52. The number of likely N-dealkylation sites (tertiary alicyclic amines) is 1. The van der Waals surface area contributed by atoms with Gasteiger partial charge in [0.05, 0.1) is 21.3 Å². The van der Waals surface area contributed by atoms with Crippen LogP contribution in [0.1, 0.15) is 35.4 Å². The van der Waals surface area contributed by atoms with Crippen molar-refractivity contribution in [1.82, 2.24) is 10.2 Å². The lowest BCUT2D eigenvalue weighted by atomic mass is 10.0. The monoisotopic (exact) mass is 366 g/mol. The molecule has 2 aliphatic rings. The second-order valence-corrected chi connectivity index (χ2v) is 6.23. The minimum atomic E-state index is -0.336. The molecule has 1 fully saturated rings. The molecule has 8 heteroatoms. The topological polar surface area (TPSA) is 86.3 Å². The van der Waals surface area contributed by atoms with Crippen molar-refractivity contribution in [3.8, 4) is 11.5 Å². The molecule has 0 aromatic heterocycles. The van der Waals surface area contributed by atoms with E-state index < -0.39 is 0 Å². The Bertz CT molecular complexity index is 663. The Hall–Kier alpha value is -2.48. The lowest BCUT2D eigenvalue weighted by molar-refractivity contribution is 0.0420. The number of nitrogens with one attached hydrogen (secondary N) is 1. The number of carbonyl (C=O) groups is 2. The minimum absolute atomic E-state index is 0.239. The molecule has 0 unspecified atom stereocenters. The average Bonchev–Trinajstić information content (AvgIpc) is 3.17. The van der Waals surface area contributed by atoms with Gasteiger partial charge in [0.2, 0.25) is 0 Å². The third-order valence-electron chi connectivity index (χ3n) is 4.39. The van der Waals surface area contributed by atoms with Crippen molar-refractivity contribution >= 4 is 12.1 Å². The quantitative estimate of drug-likeness (QED) is 0.819. The molecule has 1 N–H and O–H groups in total. The van der Waals surface area contributed by atoms with E-state index in [1.54, 1.807) is 19.2 Å². The lowest BCUT2D eigenvalue weighted by Gasteiger charge is -2.10. The molecule has 2 aliphatic heterocycles. The zero-order chi connectivity index (χ0) is 19.3. The fourth-order valence-corrected chi connectivity index (χ4v) is 2.99. The summed E-state index contributed by atoms with van der Waals surface area (Å²) in [4.78, 5) is 24.4. The molecule has 8 nitrogen and oxygen atoms in total. The van der Waals surface area contributed by atoms with E-state index in [4.69, 9.17) is 14.2 Å². The van der Waals surface area contributed by atoms with Gasteiger partial charge < -0.3 is 29.2 Å². The number of fused-ring (bicyclic) bond motifs is 1. The molecule has 3 rings (SSSR count). The molecular weight excluding hydrogens is 340 g/mol. The maximum Gasteiger partial charge on any atom is 0.407 e. The van der Waals surface area contributed by atoms with Gasteiger partial charge in [-0.3, -0.25) is 0 Å². The molecule has 1 aromatic rings. The van der Waals surface area contributed by atoms with E-state index in [1.807, 2.05) is 14.0 Å². The van der Waals surface area contributed by atoms with Crippen molar-refractivity contribution in [3.05, 3.63) is 23.3 Å². The summed E-state index contributed by atoms with van der Waals surface area (Å²) in [5.41, 5.74) is 1.32. The summed E-state index contributed by atoms with van der Waals surface area (Å²) in [6.07, 6.45) is 0.452. The first-order chi connectivity index (χ1) is 12.4. The fraction of sp³-hybridized carbons (Fsp3) is 0.556. The fourth-order valence-electron chi connectivity index (χ4n) is 2.99. The van der Waals surface area contributed by atoms with E-state index in [0.717, 1.165) is 25.1 Å². The summed E-state index contributed by atoms with van der Waals surface area (Å²) in [6.45, 7) is 3.80. The van der Waals surface area contributed by atoms with Crippen LogP contribution in [0.25, 0.3) is 0 Å². The molecule has 0 spiro atoms. The van der Waals surface area contributed by atoms with Gasteiger partial charge in [0.15, 0.2) is 0 Å². The number of cyclic esters (lactones) is 1. The van der Waals surface area contributed by atoms with Crippen LogP contribution in [0.3, 0.4) is 0 Å². The third-order valence-corrected chi connectivity index (χ3v) is 4.39. The van der Waals surface area contributed by atoms with Crippen LogP contribution >= 0.6 is 0 Å². The van der Waals surface area contributed by atoms with Gasteiger partial charge in [-0.1, -0.05) is 0 Å². The number of rotatable bonds is 3. The molecule has 1 amide bonds. The maximum absolute atomic E-state index is 11.5. The standard InChI is InChI=1S/C11H12O4.C7H14N2O2/c1-6-8-4-7(13-2)5-9(14-3)10(8)11(12)15-6;1-9-4-3-6(5-9)8-7(10)11-2/h4-6H,1-3H3;6H,3-5H2,1-2H3,(H,8,10)/t2*6-/m10/s1. The number of likely N-dealkylation sites (N-methyl/N-ethyl adjacent to an activating group) is 1. The molecule has 2 atom stereocenters. The third kappa shape index (κ3) is 4.57. The highest BCUT2D eigenvalue weighted by Crippen LogP contribution is 2.39. The van der Waals surface area contributed by atoms with E-state index >= 15 is 0 Å². The number of methoxy groups -OCH3 is 3. The smallest absolute Gasteiger partial charge is 0.407 e.